The quantitative estimate of drug-likeness (QED) is 0.719. The predicted molar refractivity (Wildman–Crippen MR) is 48.2 cm³/mol. The van der Waals surface area contributed by atoms with E-state index >= 15 is 0 Å². The highest BCUT2D eigenvalue weighted by Crippen LogP contribution is 2.16. The number of H-pyrrole nitrogens is 1. The first-order valence-electron chi connectivity index (χ1n) is 3.46. The van der Waals surface area contributed by atoms with Crippen LogP contribution in [0.15, 0.2) is 35.4 Å². The average molecular weight is 178 g/mol. The molecule has 0 fully saturated rings. The Hall–Kier alpha value is -1.42. The minimum Gasteiger partial charge on any atom is -0.319 e. The molecule has 12 heavy (non-hydrogen) atoms. The number of hydrogen-bond donors (Lipinski definition) is 1. The van der Waals surface area contributed by atoms with Crippen LogP contribution in [-0.4, -0.2) is 9.97 Å². The smallest absolute Gasteiger partial charge is 0.305 e. The van der Waals surface area contributed by atoms with Crippen molar-refractivity contribution < 1.29 is 0 Å². The molecule has 4 heteroatoms. The summed E-state index contributed by atoms with van der Waals surface area (Å²) in [5.41, 5.74) is 0.834. The molecule has 2 aromatic rings. The summed E-state index contributed by atoms with van der Waals surface area (Å²) in [5, 5.41) is 0. The lowest BCUT2D eigenvalue weighted by molar-refractivity contribution is 1.31. The number of aromatic amines is 1. The molecule has 0 saturated heterocycles. The van der Waals surface area contributed by atoms with Gasteiger partial charge in [-0.15, -0.1) is 0 Å². The maximum atomic E-state index is 10.8. The topological polar surface area (TPSA) is 45.8 Å². The van der Waals surface area contributed by atoms with Gasteiger partial charge in [0.05, 0.1) is 10.6 Å². The second-order valence-corrected chi connectivity index (χ2v) is 3.27. The van der Waals surface area contributed by atoms with Gasteiger partial charge >= 0.3 is 4.87 Å². The number of nitrogens with one attached hydrogen (secondary N) is 1. The first-order chi connectivity index (χ1) is 5.86. The molecular weight excluding hydrogens is 172 g/mol. The summed E-state index contributed by atoms with van der Waals surface area (Å²) in [4.78, 5) is 18.3. The van der Waals surface area contributed by atoms with Crippen LogP contribution in [-0.2, 0) is 0 Å². The lowest BCUT2D eigenvalue weighted by Crippen LogP contribution is -1.88. The molecule has 2 aromatic heterocycles. The summed E-state index contributed by atoms with van der Waals surface area (Å²) in [6, 6.07) is 5.62. The third-order valence-electron chi connectivity index (χ3n) is 1.44. The molecule has 0 aliphatic carbocycles. The normalized spacial score (nSPS) is 10.0. The van der Waals surface area contributed by atoms with Gasteiger partial charge in [0.15, 0.2) is 0 Å². The van der Waals surface area contributed by atoms with Crippen LogP contribution in [0.3, 0.4) is 0 Å². The summed E-state index contributed by atoms with van der Waals surface area (Å²) in [7, 11) is 0. The van der Waals surface area contributed by atoms with Gasteiger partial charge in [0.2, 0.25) is 0 Å². The van der Waals surface area contributed by atoms with E-state index in [0.717, 1.165) is 10.6 Å². The molecule has 0 unspecified atom stereocenters. The Morgan fingerprint density at radius 3 is 2.92 bits per heavy atom. The lowest BCUT2D eigenvalue weighted by atomic mass is 10.3. The summed E-state index contributed by atoms with van der Waals surface area (Å²) in [6.07, 6.45) is 3.38. The van der Waals surface area contributed by atoms with E-state index in [1.807, 2.05) is 18.2 Å². The maximum Gasteiger partial charge on any atom is 0.305 e. The monoisotopic (exact) mass is 178 g/mol. The molecule has 0 atom stereocenters. The average Bonchev–Trinajstić information content (AvgIpc) is 2.54. The Morgan fingerprint density at radius 2 is 2.33 bits per heavy atom. The summed E-state index contributed by atoms with van der Waals surface area (Å²) >= 11 is 1.17. The van der Waals surface area contributed by atoms with Gasteiger partial charge in [-0.25, -0.2) is 0 Å². The number of pyridine rings is 1. The summed E-state index contributed by atoms with van der Waals surface area (Å²) in [6.45, 7) is 0. The molecule has 2 rings (SSSR count). The van der Waals surface area contributed by atoms with Crippen LogP contribution in [0.2, 0.25) is 0 Å². The van der Waals surface area contributed by atoms with Crippen molar-refractivity contribution in [1.29, 1.82) is 0 Å². The maximum absolute atomic E-state index is 10.8. The van der Waals surface area contributed by atoms with Crippen molar-refractivity contribution in [2.24, 2.45) is 0 Å². The Bertz CT molecular complexity index is 418. The van der Waals surface area contributed by atoms with Crippen molar-refractivity contribution in [2.75, 3.05) is 0 Å². The Morgan fingerprint density at radius 1 is 1.42 bits per heavy atom. The van der Waals surface area contributed by atoms with E-state index in [1.54, 1.807) is 12.4 Å². The number of hydrogen-bond acceptors (Lipinski definition) is 3. The second-order valence-electron chi connectivity index (χ2n) is 2.26. The second kappa shape index (κ2) is 2.91. The van der Waals surface area contributed by atoms with Gasteiger partial charge in [-0.05, 0) is 12.1 Å². The lowest BCUT2D eigenvalue weighted by Gasteiger charge is -1.91. The van der Waals surface area contributed by atoms with E-state index in [-0.39, 0.29) is 4.87 Å². The molecule has 2 heterocycles. The van der Waals surface area contributed by atoms with Crippen molar-refractivity contribution in [1.82, 2.24) is 9.97 Å². The van der Waals surface area contributed by atoms with Gasteiger partial charge in [-0.2, -0.15) is 0 Å². The van der Waals surface area contributed by atoms with E-state index in [2.05, 4.69) is 9.97 Å². The predicted octanol–water partition coefficient (Wildman–Crippen LogP) is 1.50. The third-order valence-corrected chi connectivity index (χ3v) is 2.29. The van der Waals surface area contributed by atoms with Crippen LogP contribution in [0.1, 0.15) is 0 Å². The fraction of sp³-hybridized carbons (Fsp3) is 0. The Labute approximate surface area is 72.7 Å². The van der Waals surface area contributed by atoms with E-state index in [9.17, 15) is 4.79 Å². The first kappa shape index (κ1) is 7.24. The van der Waals surface area contributed by atoms with Crippen molar-refractivity contribution in [3.05, 3.63) is 40.3 Å². The van der Waals surface area contributed by atoms with Crippen LogP contribution >= 0.6 is 11.3 Å². The fourth-order valence-corrected chi connectivity index (χ4v) is 1.58. The van der Waals surface area contributed by atoms with Gasteiger partial charge < -0.3 is 4.98 Å². The molecule has 0 amide bonds. The number of thiazole rings is 1. The van der Waals surface area contributed by atoms with Gasteiger partial charge in [0.1, 0.15) is 0 Å². The zero-order valence-corrected chi connectivity index (χ0v) is 6.97. The van der Waals surface area contributed by atoms with E-state index < -0.39 is 0 Å². The van der Waals surface area contributed by atoms with Crippen molar-refractivity contribution in [3.63, 3.8) is 0 Å². The fourth-order valence-electron chi connectivity index (χ4n) is 0.918. The molecule has 1 N–H and O–H groups in total. The van der Waals surface area contributed by atoms with Gasteiger partial charge in [-0.3, -0.25) is 9.78 Å². The highest BCUT2D eigenvalue weighted by molar-refractivity contribution is 7.12. The molecule has 3 nitrogen and oxygen atoms in total. The van der Waals surface area contributed by atoms with Crippen molar-refractivity contribution in [2.45, 2.75) is 0 Å². The molecular formula is C8H6N2OS. The minimum absolute atomic E-state index is 0.0457. The van der Waals surface area contributed by atoms with Crippen LogP contribution in [0.5, 0.6) is 0 Å². The molecule has 0 radical (unpaired) electrons. The molecule has 0 spiro atoms. The summed E-state index contributed by atoms with van der Waals surface area (Å²) in [5.74, 6) is 0. The van der Waals surface area contributed by atoms with Gasteiger partial charge in [0.25, 0.3) is 0 Å². The molecule has 0 aromatic carbocycles. The Kier molecular flexibility index (Phi) is 1.75. The third kappa shape index (κ3) is 1.29. The zero-order valence-electron chi connectivity index (χ0n) is 6.15. The van der Waals surface area contributed by atoms with E-state index in [0.29, 0.717) is 0 Å². The van der Waals surface area contributed by atoms with E-state index in [4.69, 9.17) is 0 Å². The highest BCUT2D eigenvalue weighted by Gasteiger charge is 1.99. The number of nitrogens with zero attached hydrogens (tertiary/aromatic N) is 1. The van der Waals surface area contributed by atoms with Crippen LogP contribution in [0, 0.1) is 0 Å². The Balaban J connectivity index is 2.51. The molecule has 0 bridgehead atoms. The zero-order chi connectivity index (χ0) is 8.39. The van der Waals surface area contributed by atoms with Crippen molar-refractivity contribution >= 4 is 11.3 Å². The van der Waals surface area contributed by atoms with Crippen LogP contribution in [0.25, 0.3) is 10.6 Å². The molecule has 0 aliphatic rings. The van der Waals surface area contributed by atoms with Crippen LogP contribution < -0.4 is 4.87 Å². The van der Waals surface area contributed by atoms with E-state index in [1.165, 1.54) is 11.3 Å². The van der Waals surface area contributed by atoms with Crippen LogP contribution in [0.4, 0.5) is 0 Å². The molecule has 0 saturated carbocycles. The SMILES string of the molecule is O=c1[nH]cc(-c2ccccn2)s1. The van der Waals surface area contributed by atoms with Gasteiger partial charge in [0, 0.05) is 12.4 Å². The number of aromatic nitrogens is 2. The largest absolute Gasteiger partial charge is 0.319 e. The van der Waals surface area contributed by atoms with Gasteiger partial charge in [-0.1, -0.05) is 17.4 Å². The number of rotatable bonds is 1. The highest BCUT2D eigenvalue weighted by atomic mass is 32.1. The molecule has 0 aliphatic heterocycles. The minimum atomic E-state index is -0.0457. The first-order valence-corrected chi connectivity index (χ1v) is 4.28. The standard InChI is InChI=1S/C8H6N2OS/c11-8-10-5-7(12-8)6-3-1-2-4-9-6/h1-5H,(H,10,11). The summed E-state index contributed by atoms with van der Waals surface area (Å²) < 4.78 is 0. The van der Waals surface area contributed by atoms with Crippen molar-refractivity contribution in [3.8, 4) is 10.6 Å². The molecule has 60 valence electrons.